The third-order valence-electron chi connectivity index (χ3n) is 5.80. The Labute approximate surface area is 218 Å². The van der Waals surface area contributed by atoms with Crippen LogP contribution < -0.4 is 15.8 Å². The Hall–Kier alpha value is -3.53. The van der Waals surface area contributed by atoms with Crippen LogP contribution in [0.3, 0.4) is 0 Å². The predicted octanol–water partition coefficient (Wildman–Crippen LogP) is 6.51. The van der Waals surface area contributed by atoms with Gasteiger partial charge in [-0.15, -0.1) is 0 Å². The molecule has 188 valence electrons. The standard InChI is InChI=1S/C29H32ClN3O3/c1-6-8-19(13-14-31)22-9-7-10-25(23(22)18-32)35-26-12-11-20(15-24(26)30)27(34)33-21-16-28(2,3)36-29(4,5)17-21/h6-15,21H,1,16-17,31H2,2-5H3,(H,33,34)/b14-13-,19-8+. The number of ether oxygens (including phenoxy) is 2. The number of nitrogens with zero attached hydrogens (tertiary/aromatic N) is 1. The Bertz CT molecular complexity index is 1240. The molecule has 0 atom stereocenters. The van der Waals surface area contributed by atoms with Crippen LogP contribution in [0.4, 0.5) is 0 Å². The van der Waals surface area contributed by atoms with Crippen LogP contribution in [0, 0.1) is 11.3 Å². The summed E-state index contributed by atoms with van der Waals surface area (Å²) in [6, 6.07) is 12.3. The summed E-state index contributed by atoms with van der Waals surface area (Å²) in [5.74, 6) is 0.453. The molecule has 1 heterocycles. The Balaban J connectivity index is 1.82. The number of amides is 1. The van der Waals surface area contributed by atoms with E-state index in [2.05, 4.69) is 18.0 Å². The number of halogens is 1. The van der Waals surface area contributed by atoms with Crippen molar-refractivity contribution in [2.24, 2.45) is 5.73 Å². The van der Waals surface area contributed by atoms with Gasteiger partial charge in [-0.05, 0) is 82.7 Å². The Morgan fingerprint density at radius 2 is 1.92 bits per heavy atom. The topological polar surface area (TPSA) is 97.4 Å². The van der Waals surface area contributed by atoms with Crippen LogP contribution in [-0.4, -0.2) is 23.2 Å². The van der Waals surface area contributed by atoms with Gasteiger partial charge in [-0.25, -0.2) is 0 Å². The highest BCUT2D eigenvalue weighted by Gasteiger charge is 2.39. The van der Waals surface area contributed by atoms with Gasteiger partial charge in [0.25, 0.3) is 5.91 Å². The van der Waals surface area contributed by atoms with E-state index in [0.29, 0.717) is 46.6 Å². The fraction of sp³-hybridized carbons (Fsp3) is 0.310. The molecule has 0 aliphatic carbocycles. The zero-order valence-electron chi connectivity index (χ0n) is 21.1. The molecule has 0 bridgehead atoms. The van der Waals surface area contributed by atoms with Gasteiger partial charge in [-0.2, -0.15) is 5.26 Å². The van der Waals surface area contributed by atoms with Crippen molar-refractivity contribution in [1.82, 2.24) is 5.32 Å². The van der Waals surface area contributed by atoms with E-state index in [1.165, 1.54) is 6.20 Å². The highest BCUT2D eigenvalue weighted by Crippen LogP contribution is 2.36. The fourth-order valence-corrected chi connectivity index (χ4v) is 4.96. The fourth-order valence-electron chi connectivity index (χ4n) is 4.74. The molecule has 7 heteroatoms. The van der Waals surface area contributed by atoms with E-state index in [-0.39, 0.29) is 28.2 Å². The molecule has 1 aliphatic rings. The molecule has 1 amide bonds. The summed E-state index contributed by atoms with van der Waals surface area (Å²) in [6.07, 6.45) is 7.88. The van der Waals surface area contributed by atoms with Crippen LogP contribution in [0.5, 0.6) is 11.5 Å². The number of benzene rings is 2. The summed E-state index contributed by atoms with van der Waals surface area (Å²) >= 11 is 6.49. The van der Waals surface area contributed by atoms with E-state index in [1.54, 1.807) is 54.6 Å². The number of nitriles is 1. The summed E-state index contributed by atoms with van der Waals surface area (Å²) in [6.45, 7) is 11.8. The molecule has 2 aromatic rings. The van der Waals surface area contributed by atoms with Crippen molar-refractivity contribution >= 4 is 23.1 Å². The van der Waals surface area contributed by atoms with Gasteiger partial charge in [0, 0.05) is 17.2 Å². The molecule has 0 saturated carbocycles. The lowest BCUT2D eigenvalue weighted by Gasteiger charge is -2.45. The molecule has 1 fully saturated rings. The van der Waals surface area contributed by atoms with Gasteiger partial charge in [0.1, 0.15) is 23.1 Å². The lowest BCUT2D eigenvalue weighted by molar-refractivity contribution is -0.162. The molecule has 2 aromatic carbocycles. The molecule has 36 heavy (non-hydrogen) atoms. The van der Waals surface area contributed by atoms with Gasteiger partial charge in [0.2, 0.25) is 0 Å². The maximum Gasteiger partial charge on any atom is 0.251 e. The smallest absolute Gasteiger partial charge is 0.251 e. The van der Waals surface area contributed by atoms with E-state index in [0.717, 1.165) is 0 Å². The molecule has 0 unspecified atom stereocenters. The van der Waals surface area contributed by atoms with Gasteiger partial charge >= 0.3 is 0 Å². The zero-order chi connectivity index (χ0) is 26.5. The summed E-state index contributed by atoms with van der Waals surface area (Å²) in [4.78, 5) is 13.0. The molecule has 6 nitrogen and oxygen atoms in total. The molecule has 0 aromatic heterocycles. The van der Waals surface area contributed by atoms with E-state index < -0.39 is 0 Å². The minimum Gasteiger partial charge on any atom is -0.454 e. The van der Waals surface area contributed by atoms with Crippen molar-refractivity contribution in [3.05, 3.63) is 89.1 Å². The number of nitrogens with one attached hydrogen (secondary N) is 1. The number of allylic oxidation sites excluding steroid dienone is 4. The minimum absolute atomic E-state index is 0.0211. The second-order valence-corrected chi connectivity index (χ2v) is 10.4. The van der Waals surface area contributed by atoms with Crippen molar-refractivity contribution in [1.29, 1.82) is 5.26 Å². The van der Waals surface area contributed by atoms with Crippen LogP contribution in [0.1, 0.15) is 62.0 Å². The lowest BCUT2D eigenvalue weighted by Crippen LogP contribution is -2.52. The third-order valence-corrected chi connectivity index (χ3v) is 6.10. The van der Waals surface area contributed by atoms with Crippen LogP contribution in [0.25, 0.3) is 5.57 Å². The maximum absolute atomic E-state index is 13.0. The molecule has 0 spiro atoms. The van der Waals surface area contributed by atoms with Gasteiger partial charge in [0.05, 0.1) is 16.2 Å². The number of rotatable bonds is 7. The minimum atomic E-state index is -0.331. The van der Waals surface area contributed by atoms with Crippen LogP contribution >= 0.6 is 11.6 Å². The Morgan fingerprint density at radius 1 is 1.22 bits per heavy atom. The van der Waals surface area contributed by atoms with E-state index >= 15 is 0 Å². The molecule has 0 radical (unpaired) electrons. The van der Waals surface area contributed by atoms with Gasteiger partial charge in [0.15, 0.2) is 0 Å². The highest BCUT2D eigenvalue weighted by atomic mass is 35.5. The van der Waals surface area contributed by atoms with Gasteiger partial charge in [-0.1, -0.05) is 42.5 Å². The largest absolute Gasteiger partial charge is 0.454 e. The molecule has 3 N–H and O–H groups in total. The quantitative estimate of drug-likeness (QED) is 0.418. The molecule has 1 saturated heterocycles. The Morgan fingerprint density at radius 3 is 2.50 bits per heavy atom. The Kier molecular flexibility index (Phi) is 8.29. The summed E-state index contributed by atoms with van der Waals surface area (Å²) < 4.78 is 12.1. The zero-order valence-corrected chi connectivity index (χ0v) is 21.9. The van der Waals surface area contributed by atoms with Crippen molar-refractivity contribution in [3.63, 3.8) is 0 Å². The van der Waals surface area contributed by atoms with Crippen LogP contribution in [-0.2, 0) is 4.74 Å². The molecule has 1 aliphatic heterocycles. The van der Waals surface area contributed by atoms with Crippen LogP contribution in [0.15, 0.2) is 67.4 Å². The first-order valence-electron chi connectivity index (χ1n) is 11.7. The normalized spacial score (nSPS) is 17.4. The number of hydrogen-bond acceptors (Lipinski definition) is 5. The summed E-state index contributed by atoms with van der Waals surface area (Å²) in [7, 11) is 0. The third kappa shape index (κ3) is 6.57. The monoisotopic (exact) mass is 505 g/mol. The second kappa shape index (κ2) is 11.0. The van der Waals surface area contributed by atoms with E-state index in [9.17, 15) is 10.1 Å². The van der Waals surface area contributed by atoms with E-state index in [4.69, 9.17) is 26.8 Å². The summed E-state index contributed by atoms with van der Waals surface area (Å²) in [5.41, 5.74) is 7.02. The average molecular weight is 506 g/mol. The maximum atomic E-state index is 13.0. The number of carbonyl (C=O) groups is 1. The predicted molar refractivity (Wildman–Crippen MR) is 144 cm³/mol. The van der Waals surface area contributed by atoms with E-state index in [1.807, 2.05) is 27.7 Å². The second-order valence-electron chi connectivity index (χ2n) is 9.95. The first-order valence-corrected chi connectivity index (χ1v) is 12.1. The van der Waals surface area contributed by atoms with Crippen molar-refractivity contribution in [3.8, 4) is 17.6 Å². The molecule has 3 rings (SSSR count). The first-order chi connectivity index (χ1) is 17.0. The van der Waals surface area contributed by atoms with Crippen molar-refractivity contribution in [2.45, 2.75) is 57.8 Å². The van der Waals surface area contributed by atoms with Crippen LogP contribution in [0.2, 0.25) is 5.02 Å². The lowest BCUT2D eigenvalue weighted by atomic mass is 9.85. The number of nitrogens with two attached hydrogens (primary N) is 1. The average Bonchev–Trinajstić information content (AvgIpc) is 2.78. The van der Waals surface area contributed by atoms with Crippen molar-refractivity contribution < 1.29 is 14.3 Å². The summed E-state index contributed by atoms with van der Waals surface area (Å²) in [5, 5.41) is 13.2. The SMILES string of the molecule is C=C/C=C(\C=C/N)c1cccc(Oc2ccc(C(=O)NC3CC(C)(C)OC(C)(C)C3)cc2Cl)c1C#N. The number of carbonyl (C=O) groups excluding carboxylic acids is 1. The first kappa shape index (κ1) is 27.1. The molecular weight excluding hydrogens is 474 g/mol. The number of hydrogen-bond donors (Lipinski definition) is 2. The highest BCUT2D eigenvalue weighted by molar-refractivity contribution is 6.32. The molecular formula is C29H32ClN3O3. The van der Waals surface area contributed by atoms with Gasteiger partial charge in [-0.3, -0.25) is 4.79 Å². The van der Waals surface area contributed by atoms with Crippen molar-refractivity contribution in [2.75, 3.05) is 0 Å². The van der Waals surface area contributed by atoms with Gasteiger partial charge < -0.3 is 20.5 Å².